The molecule has 1 N–H and O–H groups in total. The van der Waals surface area contributed by atoms with Crippen LogP contribution in [0.2, 0.25) is 0 Å². The Labute approximate surface area is 176 Å². The van der Waals surface area contributed by atoms with Crippen molar-refractivity contribution in [3.63, 3.8) is 0 Å². The zero-order valence-corrected chi connectivity index (χ0v) is 16.6. The normalized spacial score (nSPS) is 12.4. The molecule has 2 rings (SSSR count). The molecule has 0 saturated heterocycles. The summed E-state index contributed by atoms with van der Waals surface area (Å²) in [7, 11) is 0. The number of carboxylic acid groups (broad SMARTS) is 1. The summed E-state index contributed by atoms with van der Waals surface area (Å²) in [5, 5.41) is 8.82. The van der Waals surface area contributed by atoms with E-state index in [4.69, 9.17) is 5.11 Å². The van der Waals surface area contributed by atoms with Crippen LogP contribution in [0.25, 0.3) is 0 Å². The van der Waals surface area contributed by atoms with Gasteiger partial charge in [0.05, 0.1) is 11.1 Å². The van der Waals surface area contributed by atoms with Crippen LogP contribution in [0.1, 0.15) is 35.1 Å². The second-order valence-corrected chi connectivity index (χ2v) is 7.24. The maximum absolute atomic E-state index is 12.9. The van der Waals surface area contributed by atoms with Gasteiger partial charge in [0.25, 0.3) is 0 Å². The predicted octanol–water partition coefficient (Wildman–Crippen LogP) is 5.68. The zero-order valence-electron chi connectivity index (χ0n) is 16.6. The minimum absolute atomic E-state index is 0.0659. The first kappa shape index (κ1) is 24.7. The first-order chi connectivity index (χ1) is 14.4. The first-order valence-corrected chi connectivity index (χ1v) is 9.71. The molecule has 0 saturated carbocycles. The van der Waals surface area contributed by atoms with E-state index in [9.17, 15) is 31.1 Å². The highest BCUT2D eigenvalue weighted by Crippen LogP contribution is 2.30. The minimum atomic E-state index is -4.44. The van der Waals surface area contributed by atoms with Crippen LogP contribution >= 0.6 is 0 Å². The summed E-state index contributed by atoms with van der Waals surface area (Å²) in [6, 6.07) is 9.94. The molecule has 2 aromatic carbocycles. The largest absolute Gasteiger partial charge is 0.481 e. The fourth-order valence-corrected chi connectivity index (χ4v) is 3.17. The van der Waals surface area contributed by atoms with Gasteiger partial charge in [-0.1, -0.05) is 36.4 Å². The lowest BCUT2D eigenvalue weighted by Crippen LogP contribution is -2.30. The molecule has 0 heterocycles. The predicted molar refractivity (Wildman–Crippen MR) is 104 cm³/mol. The molecule has 9 heteroatoms. The van der Waals surface area contributed by atoms with E-state index in [2.05, 4.69) is 0 Å². The van der Waals surface area contributed by atoms with Crippen molar-refractivity contribution in [3.8, 4) is 0 Å². The Hall–Kier alpha value is -2.55. The number of hydrogen-bond acceptors (Lipinski definition) is 2. The Bertz CT molecular complexity index is 802. The third kappa shape index (κ3) is 8.61. The van der Waals surface area contributed by atoms with E-state index in [1.54, 1.807) is 12.1 Å². The number of hydrogen-bond donors (Lipinski definition) is 1. The molecule has 0 aliphatic rings. The Morgan fingerprint density at radius 3 is 1.61 bits per heavy atom. The number of carbonyl (C=O) groups is 1. The summed E-state index contributed by atoms with van der Waals surface area (Å²) in [6.07, 6.45) is -8.01. The Morgan fingerprint density at radius 1 is 0.774 bits per heavy atom. The lowest BCUT2D eigenvalue weighted by Gasteiger charge is -2.22. The van der Waals surface area contributed by atoms with Gasteiger partial charge in [0.15, 0.2) is 0 Å². The average molecular weight is 447 g/mol. The molecule has 0 amide bonds. The molecule has 0 aromatic heterocycles. The maximum atomic E-state index is 12.9. The van der Waals surface area contributed by atoms with Crippen LogP contribution < -0.4 is 0 Å². The third-order valence-corrected chi connectivity index (χ3v) is 4.81. The molecule has 31 heavy (non-hydrogen) atoms. The smallest absolute Gasteiger partial charge is 0.416 e. The first-order valence-electron chi connectivity index (χ1n) is 9.71. The van der Waals surface area contributed by atoms with Crippen molar-refractivity contribution in [2.75, 3.05) is 19.6 Å². The van der Waals surface area contributed by atoms with E-state index in [0.717, 1.165) is 24.3 Å². The molecular weight excluding hydrogens is 424 g/mol. The van der Waals surface area contributed by atoms with Gasteiger partial charge < -0.3 is 10.0 Å². The molecule has 3 nitrogen and oxygen atoms in total. The van der Waals surface area contributed by atoms with Crippen molar-refractivity contribution >= 4 is 5.97 Å². The molecule has 0 spiro atoms. The minimum Gasteiger partial charge on any atom is -0.481 e. The van der Waals surface area contributed by atoms with Gasteiger partial charge in [0.2, 0.25) is 0 Å². The topological polar surface area (TPSA) is 40.5 Å². The lowest BCUT2D eigenvalue weighted by molar-refractivity contribution is -0.138. The van der Waals surface area contributed by atoms with Crippen molar-refractivity contribution in [2.24, 2.45) is 0 Å². The molecule has 170 valence electrons. The summed E-state index contributed by atoms with van der Waals surface area (Å²) in [5.74, 6) is -0.962. The van der Waals surface area contributed by atoms with E-state index in [-0.39, 0.29) is 6.42 Å². The second-order valence-electron chi connectivity index (χ2n) is 7.24. The second kappa shape index (κ2) is 10.7. The highest BCUT2D eigenvalue weighted by atomic mass is 19.4. The van der Waals surface area contributed by atoms with E-state index < -0.39 is 29.4 Å². The van der Waals surface area contributed by atoms with Gasteiger partial charge in [0.1, 0.15) is 0 Å². The molecular formula is C22H23F6NO2. The Kier molecular flexibility index (Phi) is 8.50. The Balaban J connectivity index is 2.03. The maximum Gasteiger partial charge on any atom is 0.416 e. The van der Waals surface area contributed by atoms with Crippen LogP contribution in [-0.4, -0.2) is 35.6 Å². The van der Waals surface area contributed by atoms with Crippen LogP contribution in [-0.2, 0) is 30.0 Å². The Morgan fingerprint density at radius 2 is 1.23 bits per heavy atom. The monoisotopic (exact) mass is 447 g/mol. The highest BCUT2D eigenvalue weighted by Gasteiger charge is 2.31. The van der Waals surface area contributed by atoms with Crippen LogP contribution in [0.3, 0.4) is 0 Å². The van der Waals surface area contributed by atoms with Gasteiger partial charge >= 0.3 is 18.3 Å². The van der Waals surface area contributed by atoms with E-state index in [1.165, 1.54) is 12.1 Å². The highest BCUT2D eigenvalue weighted by molar-refractivity contribution is 5.66. The van der Waals surface area contributed by atoms with Crippen molar-refractivity contribution in [2.45, 2.75) is 38.0 Å². The molecule has 0 bridgehead atoms. The standard InChI is InChI=1S/C22H23F6NO2/c23-21(24,25)18-6-1-4-16(14-18)9-12-29(11-3-8-20(30)31)13-10-17-5-2-7-19(15-17)22(26,27)28/h1-2,4-7,14-15H,3,8-13H2,(H,30,31). The van der Waals surface area contributed by atoms with Gasteiger partial charge in [0, 0.05) is 19.5 Å². The lowest BCUT2D eigenvalue weighted by atomic mass is 10.1. The summed E-state index contributed by atoms with van der Waals surface area (Å²) in [5.41, 5.74) is -0.521. The number of carboxylic acids is 1. The van der Waals surface area contributed by atoms with Gasteiger partial charge in [-0.3, -0.25) is 4.79 Å². The summed E-state index contributed by atoms with van der Waals surface area (Å²) < 4.78 is 77.3. The number of nitrogens with zero attached hydrogens (tertiary/aromatic N) is 1. The molecule has 0 radical (unpaired) electrons. The molecule has 0 fully saturated rings. The fraction of sp³-hybridized carbons (Fsp3) is 0.409. The fourth-order valence-electron chi connectivity index (χ4n) is 3.17. The van der Waals surface area contributed by atoms with Crippen LogP contribution in [0.15, 0.2) is 48.5 Å². The zero-order chi connectivity index (χ0) is 23.1. The summed E-state index contributed by atoms with van der Waals surface area (Å²) in [6.45, 7) is 1.10. The number of alkyl halides is 6. The third-order valence-electron chi connectivity index (χ3n) is 4.81. The van der Waals surface area contributed by atoms with Crippen LogP contribution in [0, 0.1) is 0 Å². The van der Waals surface area contributed by atoms with Crippen molar-refractivity contribution in [3.05, 3.63) is 70.8 Å². The average Bonchev–Trinajstić information content (AvgIpc) is 2.68. The van der Waals surface area contributed by atoms with Gasteiger partial charge in [-0.05, 0) is 49.1 Å². The van der Waals surface area contributed by atoms with E-state index >= 15 is 0 Å². The number of aliphatic carboxylic acids is 1. The van der Waals surface area contributed by atoms with E-state index in [1.807, 2.05) is 4.90 Å². The van der Waals surface area contributed by atoms with E-state index in [0.29, 0.717) is 50.0 Å². The number of halogens is 6. The molecule has 0 aliphatic heterocycles. The molecule has 0 unspecified atom stereocenters. The number of rotatable bonds is 10. The van der Waals surface area contributed by atoms with Gasteiger partial charge in [-0.15, -0.1) is 0 Å². The van der Waals surface area contributed by atoms with Crippen LogP contribution in [0.5, 0.6) is 0 Å². The summed E-state index contributed by atoms with van der Waals surface area (Å²) >= 11 is 0. The van der Waals surface area contributed by atoms with Crippen molar-refractivity contribution < 1.29 is 36.2 Å². The number of benzene rings is 2. The molecule has 2 aromatic rings. The van der Waals surface area contributed by atoms with Crippen molar-refractivity contribution in [1.29, 1.82) is 0 Å². The molecule has 0 atom stereocenters. The van der Waals surface area contributed by atoms with Crippen molar-refractivity contribution in [1.82, 2.24) is 4.90 Å². The van der Waals surface area contributed by atoms with Gasteiger partial charge in [-0.25, -0.2) is 0 Å². The molecule has 0 aliphatic carbocycles. The SMILES string of the molecule is O=C(O)CCCN(CCc1cccc(C(F)(F)F)c1)CCc1cccc(C(F)(F)F)c1. The quantitative estimate of drug-likeness (QED) is 0.477. The van der Waals surface area contributed by atoms with Crippen LogP contribution in [0.4, 0.5) is 26.3 Å². The summed E-state index contributed by atoms with van der Waals surface area (Å²) in [4.78, 5) is 12.6. The van der Waals surface area contributed by atoms with Gasteiger partial charge in [-0.2, -0.15) is 26.3 Å².